The Balaban J connectivity index is 1.37. The highest BCUT2D eigenvalue weighted by Crippen LogP contribution is 2.29. The van der Waals surface area contributed by atoms with E-state index in [0.29, 0.717) is 17.4 Å². The van der Waals surface area contributed by atoms with Crippen LogP contribution in [0.25, 0.3) is 0 Å². The summed E-state index contributed by atoms with van der Waals surface area (Å²) in [5.74, 6) is 0.842. The number of carbonyl (C=O) groups is 2. The molecule has 2 amide bonds. The standard InChI is InChI=1S/C15H20N4O3S/c20-13(16-8-11-2-1-7-22-11)9-23-14-6-5-12(18-19-14)17-15(21)10-3-4-10/h5-6,10-11H,1-4,7-9H2,(H,16,20)(H,17,18,21)/t11-/m0/s1. The Morgan fingerprint density at radius 1 is 1.26 bits per heavy atom. The molecule has 2 aliphatic rings. The molecule has 8 heteroatoms. The van der Waals surface area contributed by atoms with Gasteiger partial charge in [0.1, 0.15) is 5.03 Å². The van der Waals surface area contributed by atoms with Crippen molar-refractivity contribution in [3.05, 3.63) is 12.1 Å². The summed E-state index contributed by atoms with van der Waals surface area (Å²) in [6.45, 7) is 1.35. The smallest absolute Gasteiger partial charge is 0.230 e. The molecule has 1 aliphatic heterocycles. The van der Waals surface area contributed by atoms with Gasteiger partial charge in [-0.05, 0) is 37.8 Å². The molecule has 1 saturated heterocycles. The van der Waals surface area contributed by atoms with Gasteiger partial charge >= 0.3 is 0 Å². The maximum Gasteiger partial charge on any atom is 0.230 e. The highest BCUT2D eigenvalue weighted by molar-refractivity contribution is 7.99. The van der Waals surface area contributed by atoms with Gasteiger partial charge in [0.2, 0.25) is 11.8 Å². The fourth-order valence-corrected chi connectivity index (χ4v) is 2.90. The Hall–Kier alpha value is -1.67. The van der Waals surface area contributed by atoms with Crippen LogP contribution >= 0.6 is 11.8 Å². The third kappa shape index (κ3) is 5.18. The Morgan fingerprint density at radius 2 is 2.13 bits per heavy atom. The van der Waals surface area contributed by atoms with Gasteiger partial charge in [0, 0.05) is 19.1 Å². The molecule has 1 saturated carbocycles. The number of anilines is 1. The van der Waals surface area contributed by atoms with Crippen molar-refractivity contribution in [2.75, 3.05) is 24.2 Å². The van der Waals surface area contributed by atoms with Gasteiger partial charge in [-0.1, -0.05) is 11.8 Å². The van der Waals surface area contributed by atoms with E-state index in [-0.39, 0.29) is 29.6 Å². The van der Waals surface area contributed by atoms with Gasteiger partial charge in [-0.2, -0.15) is 0 Å². The summed E-state index contributed by atoms with van der Waals surface area (Å²) in [6.07, 6.45) is 4.13. The van der Waals surface area contributed by atoms with Crippen molar-refractivity contribution in [2.45, 2.75) is 36.8 Å². The number of amides is 2. The molecular formula is C15H20N4O3S. The second-order valence-electron chi connectivity index (χ2n) is 5.75. The van der Waals surface area contributed by atoms with E-state index in [1.165, 1.54) is 11.8 Å². The number of rotatable bonds is 7. The number of thioether (sulfide) groups is 1. The van der Waals surface area contributed by atoms with Crippen LogP contribution in [0.4, 0.5) is 5.82 Å². The van der Waals surface area contributed by atoms with Crippen LogP contribution < -0.4 is 10.6 Å². The third-order valence-electron chi connectivity index (χ3n) is 3.74. The van der Waals surface area contributed by atoms with Crippen molar-refractivity contribution in [2.24, 2.45) is 5.92 Å². The molecule has 0 radical (unpaired) electrons. The number of nitrogens with one attached hydrogen (secondary N) is 2. The molecule has 23 heavy (non-hydrogen) atoms. The summed E-state index contributed by atoms with van der Waals surface area (Å²) in [4.78, 5) is 23.4. The zero-order valence-electron chi connectivity index (χ0n) is 12.8. The van der Waals surface area contributed by atoms with Crippen molar-refractivity contribution < 1.29 is 14.3 Å². The number of carbonyl (C=O) groups excluding carboxylic acids is 2. The Labute approximate surface area is 139 Å². The molecule has 2 fully saturated rings. The maximum absolute atomic E-state index is 11.8. The fourth-order valence-electron chi connectivity index (χ4n) is 2.26. The van der Waals surface area contributed by atoms with Gasteiger partial charge < -0.3 is 15.4 Å². The van der Waals surface area contributed by atoms with E-state index >= 15 is 0 Å². The van der Waals surface area contributed by atoms with E-state index in [0.717, 1.165) is 32.3 Å². The minimum Gasteiger partial charge on any atom is -0.376 e. The number of ether oxygens (including phenoxy) is 1. The summed E-state index contributed by atoms with van der Waals surface area (Å²) >= 11 is 1.32. The second-order valence-corrected chi connectivity index (χ2v) is 6.74. The molecule has 124 valence electrons. The lowest BCUT2D eigenvalue weighted by Crippen LogP contribution is -2.32. The molecule has 2 heterocycles. The van der Waals surface area contributed by atoms with E-state index in [1.54, 1.807) is 12.1 Å². The molecule has 0 unspecified atom stereocenters. The molecule has 1 aliphatic carbocycles. The lowest BCUT2D eigenvalue weighted by atomic mass is 10.2. The zero-order valence-corrected chi connectivity index (χ0v) is 13.6. The van der Waals surface area contributed by atoms with Crippen molar-refractivity contribution in [1.29, 1.82) is 0 Å². The molecule has 1 aromatic rings. The molecule has 1 aromatic heterocycles. The van der Waals surface area contributed by atoms with Crippen LogP contribution in [-0.4, -0.2) is 47.0 Å². The van der Waals surface area contributed by atoms with Crippen molar-refractivity contribution in [1.82, 2.24) is 15.5 Å². The molecule has 0 aromatic carbocycles. The Bertz CT molecular complexity index is 556. The van der Waals surface area contributed by atoms with Gasteiger partial charge in [-0.25, -0.2) is 0 Å². The van der Waals surface area contributed by atoms with Crippen molar-refractivity contribution in [3.8, 4) is 0 Å². The minimum atomic E-state index is -0.0431. The number of nitrogens with zero attached hydrogens (tertiary/aromatic N) is 2. The number of hydrogen-bond acceptors (Lipinski definition) is 6. The maximum atomic E-state index is 11.8. The topological polar surface area (TPSA) is 93.2 Å². The third-order valence-corrected chi connectivity index (χ3v) is 4.66. The first kappa shape index (κ1) is 16.2. The van der Waals surface area contributed by atoms with E-state index in [2.05, 4.69) is 20.8 Å². The van der Waals surface area contributed by atoms with Gasteiger partial charge in [-0.3, -0.25) is 9.59 Å². The molecule has 1 atom stereocenters. The van der Waals surface area contributed by atoms with Crippen LogP contribution in [0, 0.1) is 5.92 Å². The largest absolute Gasteiger partial charge is 0.376 e. The van der Waals surface area contributed by atoms with Gasteiger partial charge in [-0.15, -0.1) is 10.2 Å². The first-order chi connectivity index (χ1) is 11.2. The first-order valence-corrected chi connectivity index (χ1v) is 8.85. The lowest BCUT2D eigenvalue weighted by Gasteiger charge is -2.10. The molecule has 3 rings (SSSR count). The van der Waals surface area contributed by atoms with Crippen LogP contribution in [0.1, 0.15) is 25.7 Å². The number of aromatic nitrogens is 2. The predicted octanol–water partition coefficient (Wildman–Crippen LogP) is 1.21. The van der Waals surface area contributed by atoms with Crippen LogP contribution in [0.5, 0.6) is 0 Å². The van der Waals surface area contributed by atoms with Gasteiger partial charge in [0.15, 0.2) is 5.82 Å². The zero-order chi connectivity index (χ0) is 16.1. The summed E-state index contributed by atoms with van der Waals surface area (Å²) in [5.41, 5.74) is 0. The second kappa shape index (κ2) is 7.74. The quantitative estimate of drug-likeness (QED) is 0.727. The molecule has 0 spiro atoms. The highest BCUT2D eigenvalue weighted by Gasteiger charge is 2.29. The van der Waals surface area contributed by atoms with Crippen LogP contribution in [0.15, 0.2) is 17.2 Å². The van der Waals surface area contributed by atoms with E-state index in [4.69, 9.17) is 4.74 Å². The summed E-state index contributed by atoms with van der Waals surface area (Å²) in [6, 6.07) is 3.47. The summed E-state index contributed by atoms with van der Waals surface area (Å²) in [5, 5.41) is 14.2. The average Bonchev–Trinajstić information content (AvgIpc) is 3.29. The van der Waals surface area contributed by atoms with E-state index in [9.17, 15) is 9.59 Å². The lowest BCUT2D eigenvalue weighted by molar-refractivity contribution is -0.119. The molecular weight excluding hydrogens is 316 g/mol. The monoisotopic (exact) mass is 336 g/mol. The Kier molecular flexibility index (Phi) is 5.45. The summed E-state index contributed by atoms with van der Waals surface area (Å²) in [7, 11) is 0. The molecule has 0 bridgehead atoms. The van der Waals surface area contributed by atoms with Crippen molar-refractivity contribution in [3.63, 3.8) is 0 Å². The Morgan fingerprint density at radius 3 is 2.78 bits per heavy atom. The first-order valence-electron chi connectivity index (χ1n) is 7.86. The predicted molar refractivity (Wildman–Crippen MR) is 86.1 cm³/mol. The highest BCUT2D eigenvalue weighted by atomic mass is 32.2. The summed E-state index contributed by atoms with van der Waals surface area (Å²) < 4.78 is 5.45. The van der Waals surface area contributed by atoms with E-state index in [1.807, 2.05) is 0 Å². The van der Waals surface area contributed by atoms with Gasteiger partial charge in [0.25, 0.3) is 0 Å². The van der Waals surface area contributed by atoms with Crippen LogP contribution in [-0.2, 0) is 14.3 Å². The average molecular weight is 336 g/mol. The SMILES string of the molecule is O=C(CSc1ccc(NC(=O)C2CC2)nn1)NC[C@@H]1CCCO1. The van der Waals surface area contributed by atoms with Gasteiger partial charge in [0.05, 0.1) is 11.9 Å². The fraction of sp³-hybridized carbons (Fsp3) is 0.600. The normalized spacial score (nSPS) is 20.3. The van der Waals surface area contributed by atoms with Crippen molar-refractivity contribution >= 4 is 29.4 Å². The molecule has 2 N–H and O–H groups in total. The van der Waals surface area contributed by atoms with Crippen LogP contribution in [0.2, 0.25) is 0 Å². The number of hydrogen-bond donors (Lipinski definition) is 2. The minimum absolute atomic E-state index is 0.00760. The molecule has 7 nitrogen and oxygen atoms in total. The van der Waals surface area contributed by atoms with Crippen LogP contribution in [0.3, 0.4) is 0 Å². The van der Waals surface area contributed by atoms with E-state index < -0.39 is 0 Å².